The molecule has 0 saturated heterocycles. The standard InChI is InChI=1S/C17H15ClN2O6/c1-10-4-3-5-12(16(10)20(23)24)17(22)26-9-15(21)19-13-8-11(18)6-7-14(13)25-2/h3-8H,9H2,1-2H3,(H,19,21). The fourth-order valence-corrected chi connectivity index (χ4v) is 2.41. The number of carbonyl (C=O) groups excluding carboxylic acids is 2. The summed E-state index contributed by atoms with van der Waals surface area (Å²) in [6.07, 6.45) is 0. The molecule has 0 aliphatic carbocycles. The van der Waals surface area contributed by atoms with Gasteiger partial charge in [0.25, 0.3) is 11.6 Å². The number of carbonyl (C=O) groups is 2. The third-order valence-electron chi connectivity index (χ3n) is 3.41. The Kier molecular flexibility index (Phi) is 6.13. The smallest absolute Gasteiger partial charge is 0.345 e. The summed E-state index contributed by atoms with van der Waals surface area (Å²) in [5, 5.41) is 14.0. The van der Waals surface area contributed by atoms with Crippen molar-refractivity contribution in [3.05, 3.63) is 62.7 Å². The van der Waals surface area contributed by atoms with Crippen LogP contribution >= 0.6 is 11.6 Å². The lowest BCUT2D eigenvalue weighted by Crippen LogP contribution is -2.21. The minimum absolute atomic E-state index is 0.219. The van der Waals surface area contributed by atoms with E-state index in [2.05, 4.69) is 5.32 Å². The number of nitro benzene ring substituents is 1. The number of methoxy groups -OCH3 is 1. The molecular formula is C17H15ClN2O6. The number of nitrogens with one attached hydrogen (secondary N) is 1. The molecule has 0 radical (unpaired) electrons. The quantitative estimate of drug-likeness (QED) is 0.469. The molecule has 0 aliphatic heterocycles. The van der Waals surface area contributed by atoms with Crippen LogP contribution in [0.2, 0.25) is 5.02 Å². The van der Waals surface area contributed by atoms with Gasteiger partial charge in [0, 0.05) is 10.6 Å². The first kappa shape index (κ1) is 19.2. The van der Waals surface area contributed by atoms with E-state index in [1.54, 1.807) is 12.1 Å². The van der Waals surface area contributed by atoms with Gasteiger partial charge in [-0.3, -0.25) is 14.9 Å². The van der Waals surface area contributed by atoms with Crippen LogP contribution < -0.4 is 10.1 Å². The largest absolute Gasteiger partial charge is 0.495 e. The summed E-state index contributed by atoms with van der Waals surface area (Å²) in [5.41, 5.74) is 0.0534. The molecule has 0 bridgehead atoms. The molecule has 0 fully saturated rings. The highest BCUT2D eigenvalue weighted by molar-refractivity contribution is 6.31. The molecule has 0 aliphatic rings. The van der Waals surface area contributed by atoms with Crippen molar-refractivity contribution in [1.82, 2.24) is 0 Å². The number of hydrogen-bond acceptors (Lipinski definition) is 6. The fraction of sp³-hybridized carbons (Fsp3) is 0.176. The summed E-state index contributed by atoms with van der Waals surface area (Å²) in [4.78, 5) is 34.6. The van der Waals surface area contributed by atoms with Crippen molar-refractivity contribution in [2.45, 2.75) is 6.92 Å². The highest BCUT2D eigenvalue weighted by atomic mass is 35.5. The Labute approximate surface area is 153 Å². The van der Waals surface area contributed by atoms with Gasteiger partial charge in [-0.25, -0.2) is 4.79 Å². The van der Waals surface area contributed by atoms with Gasteiger partial charge in [-0.15, -0.1) is 0 Å². The minimum Gasteiger partial charge on any atom is -0.495 e. The highest BCUT2D eigenvalue weighted by Crippen LogP contribution is 2.27. The highest BCUT2D eigenvalue weighted by Gasteiger charge is 2.24. The fourth-order valence-electron chi connectivity index (χ4n) is 2.24. The summed E-state index contributed by atoms with van der Waals surface area (Å²) < 4.78 is 9.98. The van der Waals surface area contributed by atoms with Crippen LogP contribution in [0.3, 0.4) is 0 Å². The number of hydrogen-bond donors (Lipinski definition) is 1. The maximum atomic E-state index is 12.1. The Bertz CT molecular complexity index is 868. The number of amides is 1. The SMILES string of the molecule is COc1ccc(Cl)cc1NC(=O)COC(=O)c1cccc(C)c1[N+](=O)[O-]. The van der Waals surface area contributed by atoms with Gasteiger partial charge in [0.2, 0.25) is 0 Å². The van der Waals surface area contributed by atoms with E-state index in [9.17, 15) is 19.7 Å². The van der Waals surface area contributed by atoms with Gasteiger partial charge in [-0.05, 0) is 31.2 Å². The Hall–Kier alpha value is -3.13. The maximum Gasteiger partial charge on any atom is 0.345 e. The third kappa shape index (κ3) is 4.48. The molecule has 0 saturated carbocycles. The van der Waals surface area contributed by atoms with Crippen LogP contribution in [0.1, 0.15) is 15.9 Å². The number of para-hydroxylation sites is 1. The Morgan fingerprint density at radius 2 is 2.00 bits per heavy atom. The van der Waals surface area contributed by atoms with Gasteiger partial charge in [-0.1, -0.05) is 23.7 Å². The Balaban J connectivity index is 2.07. The van der Waals surface area contributed by atoms with E-state index in [1.807, 2.05) is 0 Å². The van der Waals surface area contributed by atoms with Crippen LogP contribution in [0.5, 0.6) is 5.75 Å². The normalized spacial score (nSPS) is 10.1. The van der Waals surface area contributed by atoms with Gasteiger partial charge in [0.1, 0.15) is 11.3 Å². The van der Waals surface area contributed by atoms with Crippen molar-refractivity contribution >= 4 is 34.9 Å². The molecule has 0 spiro atoms. The predicted octanol–water partition coefficient (Wildman–Crippen LogP) is 3.36. The van der Waals surface area contributed by atoms with Crippen molar-refractivity contribution in [2.75, 3.05) is 19.0 Å². The monoisotopic (exact) mass is 378 g/mol. The van der Waals surface area contributed by atoms with Gasteiger partial charge in [0.15, 0.2) is 6.61 Å². The number of rotatable bonds is 6. The number of nitro groups is 1. The molecule has 26 heavy (non-hydrogen) atoms. The van der Waals surface area contributed by atoms with Gasteiger partial charge in [0.05, 0.1) is 17.7 Å². The second-order valence-corrected chi connectivity index (χ2v) is 5.63. The lowest BCUT2D eigenvalue weighted by Gasteiger charge is -2.11. The number of aryl methyl sites for hydroxylation is 1. The van der Waals surface area contributed by atoms with Crippen molar-refractivity contribution in [2.24, 2.45) is 0 Å². The predicted molar refractivity (Wildman–Crippen MR) is 94.7 cm³/mol. The second-order valence-electron chi connectivity index (χ2n) is 5.20. The van der Waals surface area contributed by atoms with Crippen molar-refractivity contribution in [1.29, 1.82) is 0 Å². The zero-order chi connectivity index (χ0) is 19.3. The molecule has 0 aromatic heterocycles. The number of ether oxygens (including phenoxy) is 2. The van der Waals surface area contributed by atoms with Crippen LogP contribution in [0.15, 0.2) is 36.4 Å². The molecule has 1 amide bonds. The lowest BCUT2D eigenvalue weighted by molar-refractivity contribution is -0.385. The first-order valence-electron chi connectivity index (χ1n) is 7.38. The topological polar surface area (TPSA) is 108 Å². The first-order valence-corrected chi connectivity index (χ1v) is 7.75. The zero-order valence-electron chi connectivity index (χ0n) is 13.9. The van der Waals surface area contributed by atoms with Gasteiger partial charge in [-0.2, -0.15) is 0 Å². The Morgan fingerprint density at radius 3 is 2.65 bits per heavy atom. The first-order chi connectivity index (χ1) is 12.3. The van der Waals surface area contributed by atoms with Crippen molar-refractivity contribution in [3.8, 4) is 5.75 Å². The molecular weight excluding hydrogens is 364 g/mol. The van der Waals surface area contributed by atoms with Crippen LogP contribution in [-0.2, 0) is 9.53 Å². The molecule has 0 heterocycles. The molecule has 2 aromatic carbocycles. The molecule has 8 nitrogen and oxygen atoms in total. The summed E-state index contributed by atoms with van der Waals surface area (Å²) in [6, 6.07) is 8.91. The van der Waals surface area contributed by atoms with Crippen molar-refractivity contribution in [3.63, 3.8) is 0 Å². The number of nitrogens with zero attached hydrogens (tertiary/aromatic N) is 1. The lowest BCUT2D eigenvalue weighted by atomic mass is 10.1. The molecule has 1 N–H and O–H groups in total. The number of esters is 1. The van der Waals surface area contributed by atoms with Crippen LogP contribution in [-0.4, -0.2) is 30.5 Å². The molecule has 0 atom stereocenters. The van der Waals surface area contributed by atoms with Crippen LogP contribution in [0, 0.1) is 17.0 Å². The average Bonchev–Trinajstić information content (AvgIpc) is 2.59. The molecule has 9 heteroatoms. The third-order valence-corrected chi connectivity index (χ3v) is 3.65. The maximum absolute atomic E-state index is 12.1. The van der Waals surface area contributed by atoms with Crippen molar-refractivity contribution < 1.29 is 24.0 Å². The summed E-state index contributed by atoms with van der Waals surface area (Å²) >= 11 is 5.87. The molecule has 2 rings (SSSR count). The number of benzene rings is 2. The van der Waals surface area contributed by atoms with E-state index in [4.69, 9.17) is 21.1 Å². The van der Waals surface area contributed by atoms with E-state index < -0.39 is 23.4 Å². The average molecular weight is 379 g/mol. The van der Waals surface area contributed by atoms with Crippen LogP contribution in [0.25, 0.3) is 0 Å². The van der Waals surface area contributed by atoms with E-state index >= 15 is 0 Å². The van der Waals surface area contributed by atoms with Gasteiger partial charge < -0.3 is 14.8 Å². The number of anilines is 1. The number of halogens is 1. The van der Waals surface area contributed by atoms with E-state index in [-0.39, 0.29) is 11.3 Å². The summed E-state index contributed by atoms with van der Waals surface area (Å²) in [5.74, 6) is -1.23. The Morgan fingerprint density at radius 1 is 1.27 bits per heavy atom. The zero-order valence-corrected chi connectivity index (χ0v) is 14.7. The molecule has 2 aromatic rings. The molecule has 0 unspecified atom stereocenters. The van der Waals surface area contributed by atoms with Crippen LogP contribution in [0.4, 0.5) is 11.4 Å². The minimum atomic E-state index is -0.964. The van der Waals surface area contributed by atoms with E-state index in [0.717, 1.165) is 0 Å². The summed E-state index contributed by atoms with van der Waals surface area (Å²) in [6.45, 7) is 0.882. The van der Waals surface area contributed by atoms with E-state index in [0.29, 0.717) is 22.0 Å². The van der Waals surface area contributed by atoms with E-state index in [1.165, 1.54) is 38.3 Å². The van der Waals surface area contributed by atoms with Gasteiger partial charge >= 0.3 is 5.97 Å². The summed E-state index contributed by atoms with van der Waals surface area (Å²) in [7, 11) is 1.43. The second kappa shape index (κ2) is 8.30. The molecule has 136 valence electrons.